The van der Waals surface area contributed by atoms with Gasteiger partial charge in [0, 0.05) is 12.7 Å². The van der Waals surface area contributed by atoms with Gasteiger partial charge in [0.25, 0.3) is 0 Å². The van der Waals surface area contributed by atoms with Crippen LogP contribution >= 0.6 is 11.6 Å². The SMILES string of the molecule is CC(C)=CCCn1cc(Cl)c(N)n1. The van der Waals surface area contributed by atoms with Gasteiger partial charge in [-0.1, -0.05) is 23.3 Å². The Balaban J connectivity index is 2.51. The van der Waals surface area contributed by atoms with Gasteiger partial charge in [-0.2, -0.15) is 5.10 Å². The van der Waals surface area contributed by atoms with Crippen LogP contribution in [0.5, 0.6) is 0 Å². The summed E-state index contributed by atoms with van der Waals surface area (Å²) >= 11 is 5.75. The molecule has 0 spiro atoms. The average molecular weight is 200 g/mol. The van der Waals surface area contributed by atoms with E-state index in [1.54, 1.807) is 10.9 Å². The van der Waals surface area contributed by atoms with Crippen molar-refractivity contribution in [2.24, 2.45) is 0 Å². The maximum Gasteiger partial charge on any atom is 0.164 e. The van der Waals surface area contributed by atoms with E-state index in [2.05, 4.69) is 25.0 Å². The number of anilines is 1. The van der Waals surface area contributed by atoms with Gasteiger partial charge in [0.1, 0.15) is 5.02 Å². The maximum atomic E-state index is 5.75. The first-order valence-electron chi connectivity index (χ1n) is 4.21. The highest BCUT2D eigenvalue weighted by molar-refractivity contribution is 6.32. The number of aromatic nitrogens is 2. The minimum Gasteiger partial charge on any atom is -0.381 e. The Bertz CT molecular complexity index is 291. The number of hydrogen-bond donors (Lipinski definition) is 1. The molecule has 0 radical (unpaired) electrons. The van der Waals surface area contributed by atoms with E-state index in [0.717, 1.165) is 13.0 Å². The summed E-state index contributed by atoms with van der Waals surface area (Å²) in [6, 6.07) is 0. The van der Waals surface area contributed by atoms with Gasteiger partial charge in [-0.05, 0) is 20.3 Å². The van der Waals surface area contributed by atoms with Crippen LogP contribution in [-0.4, -0.2) is 9.78 Å². The number of nitrogens with two attached hydrogens (primary N) is 1. The minimum atomic E-state index is 0.402. The van der Waals surface area contributed by atoms with Crippen LogP contribution in [0.4, 0.5) is 5.82 Å². The highest BCUT2D eigenvalue weighted by atomic mass is 35.5. The fourth-order valence-electron chi connectivity index (χ4n) is 1.01. The third-order valence-electron chi connectivity index (χ3n) is 1.65. The average Bonchev–Trinajstić information content (AvgIpc) is 2.30. The lowest BCUT2D eigenvalue weighted by atomic mass is 10.3. The first kappa shape index (κ1) is 10.1. The molecule has 0 aliphatic carbocycles. The number of halogens is 1. The van der Waals surface area contributed by atoms with Crippen LogP contribution in [-0.2, 0) is 6.54 Å². The molecule has 0 saturated heterocycles. The Kier molecular flexibility index (Phi) is 3.37. The van der Waals surface area contributed by atoms with Gasteiger partial charge in [-0.3, -0.25) is 4.68 Å². The van der Waals surface area contributed by atoms with Crippen molar-refractivity contribution in [3.05, 3.63) is 22.9 Å². The smallest absolute Gasteiger partial charge is 0.164 e. The quantitative estimate of drug-likeness (QED) is 0.761. The molecule has 13 heavy (non-hydrogen) atoms. The predicted octanol–water partition coefficient (Wildman–Crippen LogP) is 2.47. The summed E-state index contributed by atoms with van der Waals surface area (Å²) in [4.78, 5) is 0. The van der Waals surface area contributed by atoms with Crippen molar-refractivity contribution < 1.29 is 0 Å². The monoisotopic (exact) mass is 199 g/mol. The lowest BCUT2D eigenvalue weighted by Crippen LogP contribution is -1.98. The van der Waals surface area contributed by atoms with Gasteiger partial charge >= 0.3 is 0 Å². The van der Waals surface area contributed by atoms with Crippen LogP contribution < -0.4 is 5.73 Å². The van der Waals surface area contributed by atoms with Crippen molar-refractivity contribution in [2.45, 2.75) is 26.8 Å². The second-order valence-electron chi connectivity index (χ2n) is 3.20. The van der Waals surface area contributed by atoms with Crippen LogP contribution in [0.25, 0.3) is 0 Å². The fourth-order valence-corrected chi connectivity index (χ4v) is 1.16. The second kappa shape index (κ2) is 4.33. The largest absolute Gasteiger partial charge is 0.381 e. The fraction of sp³-hybridized carbons (Fsp3) is 0.444. The summed E-state index contributed by atoms with van der Waals surface area (Å²) in [6.07, 6.45) is 4.86. The van der Waals surface area contributed by atoms with Gasteiger partial charge in [0.15, 0.2) is 5.82 Å². The number of aryl methyl sites for hydroxylation is 1. The molecule has 0 amide bonds. The van der Waals surface area contributed by atoms with Crippen molar-refractivity contribution >= 4 is 17.4 Å². The van der Waals surface area contributed by atoms with Gasteiger partial charge in [0.05, 0.1) is 0 Å². The molecule has 0 saturated carbocycles. The zero-order chi connectivity index (χ0) is 9.84. The second-order valence-corrected chi connectivity index (χ2v) is 3.60. The summed E-state index contributed by atoms with van der Waals surface area (Å²) in [5, 5.41) is 4.57. The molecular weight excluding hydrogens is 186 g/mol. The van der Waals surface area contributed by atoms with Crippen molar-refractivity contribution in [2.75, 3.05) is 5.73 Å². The van der Waals surface area contributed by atoms with E-state index < -0.39 is 0 Å². The number of nitrogen functional groups attached to an aromatic ring is 1. The summed E-state index contributed by atoms with van der Waals surface area (Å²) in [6.45, 7) is 4.97. The molecular formula is C9H14ClN3. The molecule has 1 heterocycles. The van der Waals surface area contributed by atoms with Crippen molar-refractivity contribution in [1.82, 2.24) is 9.78 Å². The Morgan fingerprint density at radius 2 is 2.38 bits per heavy atom. The number of allylic oxidation sites excluding steroid dienone is 2. The number of hydrogen-bond acceptors (Lipinski definition) is 2. The van der Waals surface area contributed by atoms with Crippen molar-refractivity contribution in [3.63, 3.8) is 0 Å². The number of nitrogens with zero attached hydrogens (tertiary/aromatic N) is 2. The topological polar surface area (TPSA) is 43.8 Å². The molecule has 2 N–H and O–H groups in total. The lowest BCUT2D eigenvalue weighted by molar-refractivity contribution is 0.625. The van der Waals surface area contributed by atoms with E-state index in [4.69, 9.17) is 17.3 Å². The number of rotatable bonds is 3. The molecule has 0 unspecified atom stereocenters. The van der Waals surface area contributed by atoms with E-state index in [9.17, 15) is 0 Å². The summed E-state index contributed by atoms with van der Waals surface area (Å²) < 4.78 is 1.76. The van der Waals surface area contributed by atoms with Gasteiger partial charge in [-0.15, -0.1) is 0 Å². The van der Waals surface area contributed by atoms with E-state index in [-0.39, 0.29) is 0 Å². The predicted molar refractivity (Wildman–Crippen MR) is 55.7 cm³/mol. The van der Waals surface area contributed by atoms with Gasteiger partial charge in [-0.25, -0.2) is 0 Å². The maximum absolute atomic E-state index is 5.75. The van der Waals surface area contributed by atoms with Gasteiger partial charge in [0.2, 0.25) is 0 Å². The standard InChI is InChI=1S/C9H14ClN3/c1-7(2)4-3-5-13-6-8(10)9(11)12-13/h4,6H,3,5H2,1-2H3,(H2,11,12). The van der Waals surface area contributed by atoms with Crippen molar-refractivity contribution in [1.29, 1.82) is 0 Å². The Hall–Kier alpha value is -0.960. The molecule has 1 aromatic heterocycles. The van der Waals surface area contributed by atoms with E-state index in [1.165, 1.54) is 5.57 Å². The molecule has 0 atom stereocenters. The Labute approximate surface area is 83.2 Å². The molecule has 72 valence electrons. The normalized spacial score (nSPS) is 10.1. The Morgan fingerprint density at radius 1 is 1.69 bits per heavy atom. The highest BCUT2D eigenvalue weighted by Crippen LogP contribution is 2.15. The molecule has 0 bridgehead atoms. The summed E-state index contributed by atoms with van der Waals surface area (Å²) in [7, 11) is 0. The zero-order valence-electron chi connectivity index (χ0n) is 7.92. The van der Waals surface area contributed by atoms with E-state index in [0.29, 0.717) is 10.8 Å². The van der Waals surface area contributed by atoms with E-state index >= 15 is 0 Å². The van der Waals surface area contributed by atoms with Crippen molar-refractivity contribution in [3.8, 4) is 0 Å². The molecule has 0 aliphatic rings. The summed E-state index contributed by atoms with van der Waals surface area (Å²) in [5.74, 6) is 0.402. The van der Waals surface area contributed by atoms with E-state index in [1.807, 2.05) is 0 Å². The molecule has 0 fully saturated rings. The van der Waals surface area contributed by atoms with Gasteiger partial charge < -0.3 is 5.73 Å². The highest BCUT2D eigenvalue weighted by Gasteiger charge is 2.00. The minimum absolute atomic E-state index is 0.402. The zero-order valence-corrected chi connectivity index (χ0v) is 8.67. The molecule has 1 rings (SSSR count). The third-order valence-corrected chi connectivity index (χ3v) is 1.95. The molecule has 1 aromatic rings. The van der Waals surface area contributed by atoms with Crippen LogP contribution in [0.2, 0.25) is 5.02 Å². The Morgan fingerprint density at radius 3 is 2.85 bits per heavy atom. The third kappa shape index (κ3) is 3.11. The molecule has 3 nitrogen and oxygen atoms in total. The lowest BCUT2D eigenvalue weighted by Gasteiger charge is -1.96. The summed E-state index contributed by atoms with van der Waals surface area (Å²) in [5.41, 5.74) is 6.80. The first-order valence-corrected chi connectivity index (χ1v) is 4.59. The van der Waals surface area contributed by atoms with Crippen LogP contribution in [0, 0.1) is 0 Å². The molecule has 4 heteroatoms. The molecule has 0 aromatic carbocycles. The van der Waals surface area contributed by atoms with Crippen LogP contribution in [0.15, 0.2) is 17.8 Å². The first-order chi connectivity index (χ1) is 6.09. The van der Waals surface area contributed by atoms with Crippen LogP contribution in [0.3, 0.4) is 0 Å². The molecule has 0 aliphatic heterocycles. The van der Waals surface area contributed by atoms with Crippen LogP contribution in [0.1, 0.15) is 20.3 Å².